The quantitative estimate of drug-likeness (QED) is 0.291. The number of ether oxygens (including phenoxy) is 1. The molecule has 0 aliphatic carbocycles. The van der Waals surface area contributed by atoms with Gasteiger partial charge >= 0.3 is 0 Å². The van der Waals surface area contributed by atoms with Crippen LogP contribution < -0.4 is 5.32 Å². The normalized spacial score (nSPS) is 13.8. The molecule has 0 radical (unpaired) electrons. The minimum atomic E-state index is -0.548. The third kappa shape index (κ3) is 6.37. The number of hydrogen-bond acceptors (Lipinski definition) is 3. The summed E-state index contributed by atoms with van der Waals surface area (Å²) in [5.74, 6) is -0.0223. The number of unbranched alkanes of at least 4 members (excludes halogenated alkanes) is 3. The predicted octanol–water partition coefficient (Wildman–Crippen LogP) is 6.24. The zero-order valence-corrected chi connectivity index (χ0v) is 16.7. The summed E-state index contributed by atoms with van der Waals surface area (Å²) in [6.07, 6.45) is 7.18. The number of anilines is 1. The summed E-state index contributed by atoms with van der Waals surface area (Å²) in [6.45, 7) is 4.26. The molecule has 3 nitrogen and oxygen atoms in total. The molecule has 0 aromatic heterocycles. The molecule has 0 saturated carbocycles. The van der Waals surface area contributed by atoms with Crippen LogP contribution >= 0.6 is 0 Å². The summed E-state index contributed by atoms with van der Waals surface area (Å²) >= 11 is 0. The van der Waals surface area contributed by atoms with E-state index in [9.17, 15) is 4.79 Å². The van der Waals surface area contributed by atoms with Crippen molar-refractivity contribution in [3.05, 3.63) is 78.0 Å². The number of allylic oxidation sites excluding steroid dienone is 1. The summed E-state index contributed by atoms with van der Waals surface area (Å²) in [5, 5.41) is 3.43. The molecule has 2 aromatic rings. The van der Waals surface area contributed by atoms with E-state index in [0.717, 1.165) is 24.2 Å². The maximum Gasteiger partial charge on any atom is 0.187 e. The average molecular weight is 366 g/mol. The largest absolute Gasteiger partial charge is 0.372 e. The van der Waals surface area contributed by atoms with Gasteiger partial charge in [0.05, 0.1) is 5.70 Å². The standard InChI is InChI=1S/C24H31NO2/c1-4-5-6-13-18-24(2,27-3)23(25-21-16-11-8-12-17-21)19-22(26)20-14-9-7-10-15-20/h7-12,14-17,19,25H,4-6,13,18H2,1-3H3/b23-19-. The van der Waals surface area contributed by atoms with Gasteiger partial charge in [-0.1, -0.05) is 81.1 Å². The zero-order chi connectivity index (χ0) is 19.5. The number of nitrogens with one attached hydrogen (secondary N) is 1. The van der Waals surface area contributed by atoms with Gasteiger partial charge in [0.2, 0.25) is 0 Å². The lowest BCUT2D eigenvalue weighted by molar-refractivity contribution is 0.0295. The Morgan fingerprint density at radius 2 is 1.63 bits per heavy atom. The van der Waals surface area contributed by atoms with E-state index in [-0.39, 0.29) is 5.78 Å². The Bertz CT molecular complexity index is 725. The monoisotopic (exact) mass is 365 g/mol. The molecule has 27 heavy (non-hydrogen) atoms. The summed E-state index contributed by atoms with van der Waals surface area (Å²) in [6, 6.07) is 19.3. The first-order valence-corrected chi connectivity index (χ1v) is 9.78. The van der Waals surface area contributed by atoms with Crippen LogP contribution in [-0.2, 0) is 4.74 Å². The lowest BCUT2D eigenvalue weighted by Crippen LogP contribution is -2.34. The molecule has 1 unspecified atom stereocenters. The van der Waals surface area contributed by atoms with Crippen molar-refractivity contribution in [2.75, 3.05) is 12.4 Å². The van der Waals surface area contributed by atoms with Crippen molar-refractivity contribution in [3.63, 3.8) is 0 Å². The number of methoxy groups -OCH3 is 1. The van der Waals surface area contributed by atoms with E-state index in [1.54, 1.807) is 13.2 Å². The molecule has 2 aromatic carbocycles. The number of carbonyl (C=O) groups excluding carboxylic acids is 1. The fourth-order valence-electron chi connectivity index (χ4n) is 3.05. The summed E-state index contributed by atoms with van der Waals surface area (Å²) in [4.78, 5) is 12.8. The van der Waals surface area contributed by atoms with Crippen molar-refractivity contribution in [1.29, 1.82) is 0 Å². The Labute approximate surface area is 163 Å². The Hall–Kier alpha value is -2.39. The molecular weight excluding hydrogens is 334 g/mol. The highest BCUT2D eigenvalue weighted by molar-refractivity contribution is 6.05. The average Bonchev–Trinajstić information content (AvgIpc) is 2.72. The Morgan fingerprint density at radius 1 is 1.00 bits per heavy atom. The lowest BCUT2D eigenvalue weighted by atomic mass is 9.92. The van der Waals surface area contributed by atoms with Gasteiger partial charge in [0, 0.05) is 24.4 Å². The van der Waals surface area contributed by atoms with Crippen LogP contribution in [0.15, 0.2) is 72.4 Å². The number of para-hydroxylation sites is 1. The molecule has 0 amide bonds. The number of ketones is 1. The molecule has 144 valence electrons. The van der Waals surface area contributed by atoms with E-state index in [2.05, 4.69) is 19.2 Å². The van der Waals surface area contributed by atoms with E-state index < -0.39 is 5.60 Å². The molecule has 0 aliphatic rings. The first kappa shape index (κ1) is 20.9. The summed E-state index contributed by atoms with van der Waals surface area (Å²) in [5.41, 5.74) is 1.87. The van der Waals surface area contributed by atoms with Crippen molar-refractivity contribution in [1.82, 2.24) is 0 Å². The van der Waals surface area contributed by atoms with Crippen LogP contribution in [0.2, 0.25) is 0 Å². The van der Waals surface area contributed by atoms with Crippen molar-refractivity contribution in [2.45, 2.75) is 51.6 Å². The first-order valence-electron chi connectivity index (χ1n) is 9.78. The molecule has 2 rings (SSSR count). The molecule has 0 spiro atoms. The van der Waals surface area contributed by atoms with E-state index in [1.807, 2.05) is 60.7 Å². The Balaban J connectivity index is 2.29. The maximum atomic E-state index is 12.8. The van der Waals surface area contributed by atoms with Crippen molar-refractivity contribution >= 4 is 11.5 Å². The first-order chi connectivity index (χ1) is 13.1. The fourth-order valence-corrected chi connectivity index (χ4v) is 3.05. The number of benzene rings is 2. The van der Waals surface area contributed by atoms with Crippen LogP contribution in [0.5, 0.6) is 0 Å². The highest BCUT2D eigenvalue weighted by Gasteiger charge is 2.29. The smallest absolute Gasteiger partial charge is 0.187 e. The summed E-state index contributed by atoms with van der Waals surface area (Å²) in [7, 11) is 1.72. The second kappa shape index (κ2) is 10.7. The highest BCUT2D eigenvalue weighted by atomic mass is 16.5. The second-order valence-corrected chi connectivity index (χ2v) is 7.02. The van der Waals surface area contributed by atoms with Gasteiger partial charge in [-0.15, -0.1) is 0 Å². The molecular formula is C24H31NO2. The van der Waals surface area contributed by atoms with Crippen molar-refractivity contribution < 1.29 is 9.53 Å². The van der Waals surface area contributed by atoms with Gasteiger partial charge in [-0.25, -0.2) is 0 Å². The van der Waals surface area contributed by atoms with E-state index in [4.69, 9.17) is 4.74 Å². The van der Waals surface area contributed by atoms with Gasteiger partial charge in [0.25, 0.3) is 0 Å². The third-order valence-electron chi connectivity index (χ3n) is 4.91. The molecule has 0 fully saturated rings. The Morgan fingerprint density at radius 3 is 2.22 bits per heavy atom. The van der Waals surface area contributed by atoms with Gasteiger partial charge in [-0.2, -0.15) is 0 Å². The number of carbonyl (C=O) groups is 1. The molecule has 1 N–H and O–H groups in total. The van der Waals surface area contributed by atoms with Crippen LogP contribution in [0, 0.1) is 0 Å². The van der Waals surface area contributed by atoms with Crippen LogP contribution in [0.1, 0.15) is 56.3 Å². The predicted molar refractivity (Wildman–Crippen MR) is 113 cm³/mol. The topological polar surface area (TPSA) is 38.3 Å². The van der Waals surface area contributed by atoms with Gasteiger partial charge in [0.15, 0.2) is 5.78 Å². The van der Waals surface area contributed by atoms with Gasteiger partial charge in [-0.3, -0.25) is 4.79 Å². The molecule has 0 bridgehead atoms. The number of hydrogen-bond donors (Lipinski definition) is 1. The number of rotatable bonds is 11. The van der Waals surface area contributed by atoms with Crippen LogP contribution in [0.3, 0.4) is 0 Å². The van der Waals surface area contributed by atoms with E-state index in [0.29, 0.717) is 5.56 Å². The lowest BCUT2D eigenvalue weighted by Gasteiger charge is -2.32. The van der Waals surface area contributed by atoms with Gasteiger partial charge < -0.3 is 10.1 Å². The van der Waals surface area contributed by atoms with E-state index in [1.165, 1.54) is 19.3 Å². The van der Waals surface area contributed by atoms with Gasteiger partial charge in [0.1, 0.15) is 5.60 Å². The zero-order valence-electron chi connectivity index (χ0n) is 16.7. The maximum absolute atomic E-state index is 12.8. The SMILES string of the molecule is CCCCCCC(C)(OC)/C(=C/C(=O)c1ccccc1)Nc1ccccc1. The van der Waals surface area contributed by atoms with Crippen LogP contribution in [0.25, 0.3) is 0 Å². The second-order valence-electron chi connectivity index (χ2n) is 7.02. The van der Waals surface area contributed by atoms with Crippen molar-refractivity contribution in [2.24, 2.45) is 0 Å². The molecule has 0 heterocycles. The van der Waals surface area contributed by atoms with E-state index >= 15 is 0 Å². The van der Waals surface area contributed by atoms with Crippen molar-refractivity contribution in [3.8, 4) is 0 Å². The molecule has 0 saturated heterocycles. The van der Waals surface area contributed by atoms with Crippen LogP contribution in [-0.4, -0.2) is 18.5 Å². The highest BCUT2D eigenvalue weighted by Crippen LogP contribution is 2.29. The molecule has 0 aliphatic heterocycles. The minimum Gasteiger partial charge on any atom is -0.372 e. The minimum absolute atomic E-state index is 0.0223. The van der Waals surface area contributed by atoms with Crippen LogP contribution in [0.4, 0.5) is 5.69 Å². The molecule has 1 atom stereocenters. The molecule has 3 heteroatoms. The van der Waals surface area contributed by atoms with Gasteiger partial charge in [-0.05, 0) is 25.5 Å². The third-order valence-corrected chi connectivity index (χ3v) is 4.91. The fraction of sp³-hybridized carbons (Fsp3) is 0.375. The summed E-state index contributed by atoms with van der Waals surface area (Å²) < 4.78 is 5.91. The Kier molecular flexibility index (Phi) is 8.28.